The summed E-state index contributed by atoms with van der Waals surface area (Å²) in [6, 6.07) is 0. The van der Waals surface area contributed by atoms with E-state index in [1.165, 1.54) is 19.3 Å². The van der Waals surface area contributed by atoms with Crippen LogP contribution in [-0.2, 0) is 0 Å². The Morgan fingerprint density at radius 1 is 0.941 bits per heavy atom. The van der Waals surface area contributed by atoms with Crippen LogP contribution in [0.2, 0.25) is 0 Å². The van der Waals surface area contributed by atoms with Crippen molar-refractivity contribution in [2.45, 2.75) is 74.7 Å². The number of unbranched alkanes of at least 4 members (excludes halogenated alkanes) is 1. The minimum Gasteiger partial charge on any atom is -0.0767 e. The molecule has 0 aromatic heterocycles. The van der Waals surface area contributed by atoms with E-state index < -0.39 is 0 Å². The molecular formula is C17H34. The molecule has 0 fully saturated rings. The van der Waals surface area contributed by atoms with Gasteiger partial charge in [0.2, 0.25) is 0 Å². The smallest absolute Gasteiger partial charge is 0.0198 e. The molecule has 0 saturated carbocycles. The molecule has 102 valence electrons. The number of allylic oxidation sites excluding steroid dienone is 2. The molecule has 0 spiro atoms. The van der Waals surface area contributed by atoms with Crippen LogP contribution in [0.15, 0.2) is 11.1 Å². The predicted octanol–water partition coefficient (Wildman–Crippen LogP) is 6.08. The molecule has 0 amide bonds. The third-order valence-corrected chi connectivity index (χ3v) is 4.43. The first-order chi connectivity index (χ1) is 7.82. The van der Waals surface area contributed by atoms with Gasteiger partial charge in [0.1, 0.15) is 0 Å². The van der Waals surface area contributed by atoms with E-state index in [2.05, 4.69) is 55.4 Å². The molecule has 0 bridgehead atoms. The fourth-order valence-electron chi connectivity index (χ4n) is 2.92. The van der Waals surface area contributed by atoms with Crippen molar-refractivity contribution in [1.82, 2.24) is 0 Å². The molecule has 0 heterocycles. The first kappa shape index (κ1) is 16.7. The molecule has 17 heavy (non-hydrogen) atoms. The Morgan fingerprint density at radius 2 is 1.47 bits per heavy atom. The lowest BCUT2D eigenvalue weighted by Gasteiger charge is -2.31. The quantitative estimate of drug-likeness (QED) is 0.472. The van der Waals surface area contributed by atoms with Crippen LogP contribution >= 0.6 is 0 Å². The average molecular weight is 238 g/mol. The van der Waals surface area contributed by atoms with Crippen LogP contribution in [0, 0.1) is 23.7 Å². The standard InChI is InChI=1S/C17H34/c1-9-10-11-14(6)17(13(4)5)16(8)15(7)12(2)3/h12,14-16H,9-11H2,1-8H3. The second-order valence-corrected chi connectivity index (χ2v) is 6.39. The molecule has 0 saturated heterocycles. The fourth-order valence-corrected chi connectivity index (χ4v) is 2.92. The molecule has 3 unspecified atom stereocenters. The highest BCUT2D eigenvalue weighted by Crippen LogP contribution is 2.34. The van der Waals surface area contributed by atoms with Crippen molar-refractivity contribution in [3.63, 3.8) is 0 Å². The molecule has 0 heteroatoms. The van der Waals surface area contributed by atoms with Gasteiger partial charge in [0.05, 0.1) is 0 Å². The van der Waals surface area contributed by atoms with Crippen molar-refractivity contribution < 1.29 is 0 Å². The third-order valence-electron chi connectivity index (χ3n) is 4.43. The van der Waals surface area contributed by atoms with Gasteiger partial charge >= 0.3 is 0 Å². The average Bonchev–Trinajstić information content (AvgIpc) is 2.24. The largest absolute Gasteiger partial charge is 0.0767 e. The van der Waals surface area contributed by atoms with E-state index >= 15 is 0 Å². The van der Waals surface area contributed by atoms with Crippen molar-refractivity contribution in [2.75, 3.05) is 0 Å². The Bertz CT molecular complexity index is 230. The maximum Gasteiger partial charge on any atom is -0.0198 e. The Balaban J connectivity index is 4.82. The van der Waals surface area contributed by atoms with Crippen LogP contribution in [0.25, 0.3) is 0 Å². The second kappa shape index (κ2) is 7.95. The first-order valence-electron chi connectivity index (χ1n) is 7.50. The molecule has 0 aromatic carbocycles. The number of rotatable bonds is 7. The van der Waals surface area contributed by atoms with Crippen LogP contribution in [0.1, 0.15) is 74.7 Å². The van der Waals surface area contributed by atoms with E-state index in [1.54, 1.807) is 11.1 Å². The van der Waals surface area contributed by atoms with E-state index in [1.807, 2.05) is 0 Å². The van der Waals surface area contributed by atoms with Crippen molar-refractivity contribution in [3.05, 3.63) is 11.1 Å². The van der Waals surface area contributed by atoms with Gasteiger partial charge in [-0.25, -0.2) is 0 Å². The lowest BCUT2D eigenvalue weighted by molar-refractivity contribution is 0.308. The van der Waals surface area contributed by atoms with Crippen LogP contribution in [0.4, 0.5) is 0 Å². The Morgan fingerprint density at radius 3 is 1.82 bits per heavy atom. The van der Waals surface area contributed by atoms with Gasteiger partial charge in [-0.2, -0.15) is 0 Å². The molecule has 0 nitrogen and oxygen atoms in total. The molecule has 0 aromatic rings. The highest BCUT2D eigenvalue weighted by Gasteiger charge is 2.23. The molecule has 0 aliphatic heterocycles. The van der Waals surface area contributed by atoms with Crippen molar-refractivity contribution in [2.24, 2.45) is 23.7 Å². The van der Waals surface area contributed by atoms with E-state index in [0.29, 0.717) is 0 Å². The van der Waals surface area contributed by atoms with Gasteiger partial charge in [0.15, 0.2) is 0 Å². The Kier molecular flexibility index (Phi) is 7.83. The fraction of sp³-hybridized carbons (Fsp3) is 0.882. The summed E-state index contributed by atoms with van der Waals surface area (Å²) >= 11 is 0. The highest BCUT2D eigenvalue weighted by atomic mass is 14.3. The van der Waals surface area contributed by atoms with Crippen molar-refractivity contribution in [1.29, 1.82) is 0 Å². The van der Waals surface area contributed by atoms with Gasteiger partial charge in [-0.1, -0.05) is 65.5 Å². The van der Waals surface area contributed by atoms with E-state index in [-0.39, 0.29) is 0 Å². The third kappa shape index (κ3) is 5.27. The van der Waals surface area contributed by atoms with Crippen LogP contribution in [0.5, 0.6) is 0 Å². The van der Waals surface area contributed by atoms with Crippen LogP contribution < -0.4 is 0 Å². The summed E-state index contributed by atoms with van der Waals surface area (Å²) < 4.78 is 0. The number of hydrogen-bond donors (Lipinski definition) is 0. The van der Waals surface area contributed by atoms with Gasteiger partial charge < -0.3 is 0 Å². The van der Waals surface area contributed by atoms with Gasteiger partial charge in [0.25, 0.3) is 0 Å². The van der Waals surface area contributed by atoms with Crippen LogP contribution in [-0.4, -0.2) is 0 Å². The molecular weight excluding hydrogens is 204 g/mol. The molecule has 0 aliphatic rings. The zero-order valence-electron chi connectivity index (χ0n) is 13.4. The molecule has 0 rings (SSSR count). The lowest BCUT2D eigenvalue weighted by Crippen LogP contribution is -2.21. The second-order valence-electron chi connectivity index (χ2n) is 6.39. The minimum atomic E-state index is 0.729. The zero-order valence-corrected chi connectivity index (χ0v) is 13.4. The maximum absolute atomic E-state index is 2.43. The normalized spacial score (nSPS) is 16.8. The van der Waals surface area contributed by atoms with Crippen molar-refractivity contribution in [3.8, 4) is 0 Å². The Hall–Kier alpha value is -0.260. The summed E-state index contributed by atoms with van der Waals surface area (Å²) in [6.07, 6.45) is 4.03. The molecule has 0 N–H and O–H groups in total. The molecule has 3 atom stereocenters. The van der Waals surface area contributed by atoms with Gasteiger partial charge in [-0.3, -0.25) is 0 Å². The molecule has 0 aliphatic carbocycles. The summed E-state index contributed by atoms with van der Waals surface area (Å²) in [5.74, 6) is 3.05. The van der Waals surface area contributed by atoms with Gasteiger partial charge in [0, 0.05) is 0 Å². The zero-order chi connectivity index (χ0) is 13.6. The monoisotopic (exact) mass is 238 g/mol. The summed E-state index contributed by atoms with van der Waals surface area (Å²) in [5.41, 5.74) is 3.27. The molecule has 0 radical (unpaired) electrons. The van der Waals surface area contributed by atoms with Gasteiger partial charge in [-0.05, 0) is 43.9 Å². The predicted molar refractivity (Wildman–Crippen MR) is 80.2 cm³/mol. The Labute approximate surface area is 110 Å². The van der Waals surface area contributed by atoms with Crippen LogP contribution in [0.3, 0.4) is 0 Å². The first-order valence-corrected chi connectivity index (χ1v) is 7.50. The number of hydrogen-bond acceptors (Lipinski definition) is 0. The minimum absolute atomic E-state index is 0.729. The summed E-state index contributed by atoms with van der Waals surface area (Å²) in [5, 5.41) is 0. The van der Waals surface area contributed by atoms with Crippen molar-refractivity contribution >= 4 is 0 Å². The topological polar surface area (TPSA) is 0 Å². The van der Waals surface area contributed by atoms with E-state index in [4.69, 9.17) is 0 Å². The highest BCUT2D eigenvalue weighted by molar-refractivity contribution is 5.16. The summed E-state index contributed by atoms with van der Waals surface area (Å²) in [7, 11) is 0. The summed E-state index contributed by atoms with van der Waals surface area (Å²) in [6.45, 7) is 18.8. The summed E-state index contributed by atoms with van der Waals surface area (Å²) in [4.78, 5) is 0. The van der Waals surface area contributed by atoms with Gasteiger partial charge in [-0.15, -0.1) is 0 Å². The maximum atomic E-state index is 2.43. The SMILES string of the molecule is CCCCC(C)C(=C(C)C)C(C)C(C)C(C)C. The van der Waals surface area contributed by atoms with E-state index in [0.717, 1.165) is 23.7 Å². The van der Waals surface area contributed by atoms with E-state index in [9.17, 15) is 0 Å². The lowest BCUT2D eigenvalue weighted by atomic mass is 9.75.